The highest BCUT2D eigenvalue weighted by Crippen LogP contribution is 2.47. The predicted molar refractivity (Wildman–Crippen MR) is 110 cm³/mol. The molecule has 1 fully saturated rings. The van der Waals surface area contributed by atoms with Gasteiger partial charge in [0.05, 0.1) is 12.7 Å². The first-order chi connectivity index (χ1) is 12.7. The predicted octanol–water partition coefficient (Wildman–Crippen LogP) is 5.06. The van der Waals surface area contributed by atoms with E-state index in [1.54, 1.807) is 7.11 Å². The van der Waals surface area contributed by atoms with Crippen molar-refractivity contribution in [1.82, 2.24) is 4.90 Å². The van der Waals surface area contributed by atoms with Gasteiger partial charge in [-0.1, -0.05) is 32.9 Å². The summed E-state index contributed by atoms with van der Waals surface area (Å²) in [4.78, 5) is 14.6. The first-order valence-electron chi connectivity index (χ1n) is 10.3. The summed E-state index contributed by atoms with van der Waals surface area (Å²) in [5, 5.41) is 0. The van der Waals surface area contributed by atoms with E-state index >= 15 is 0 Å². The average molecular weight is 376 g/mol. The van der Waals surface area contributed by atoms with E-state index in [1.165, 1.54) is 0 Å². The van der Waals surface area contributed by atoms with Gasteiger partial charge in [-0.3, -0.25) is 4.79 Å². The number of nitrogens with zero attached hydrogens (tertiary/aromatic N) is 1. The maximum Gasteiger partial charge on any atom is 0.222 e. The van der Waals surface area contributed by atoms with Crippen LogP contribution < -0.4 is 4.74 Å². The van der Waals surface area contributed by atoms with E-state index in [2.05, 4.69) is 27.7 Å². The minimum Gasteiger partial charge on any atom is -0.497 e. The third-order valence-corrected chi connectivity index (χ3v) is 6.16. The topological polar surface area (TPSA) is 38.8 Å². The van der Waals surface area contributed by atoms with Crippen LogP contribution in [-0.4, -0.2) is 36.7 Å². The van der Waals surface area contributed by atoms with Crippen molar-refractivity contribution in [2.45, 2.75) is 72.4 Å². The molecule has 1 aliphatic rings. The first-order valence-corrected chi connectivity index (χ1v) is 10.3. The molecule has 27 heavy (non-hydrogen) atoms. The summed E-state index contributed by atoms with van der Waals surface area (Å²) in [7, 11) is 1.67. The standard InChI is InChI=1S/C23H37NO3/c1-7-21(25)24(16-19-8-10-20(26-6)11-9-19)14-12-23(18(2)3)13-15-27-22(4,5)17-23/h8-11,18H,7,12-17H2,1-6H3/t23-/m0/s1. The Balaban J connectivity index is 2.11. The fourth-order valence-corrected chi connectivity index (χ4v) is 4.34. The van der Waals surface area contributed by atoms with Crippen molar-refractivity contribution >= 4 is 5.91 Å². The smallest absolute Gasteiger partial charge is 0.222 e. The SMILES string of the molecule is CCC(=O)N(CC[C@]1(C(C)C)CCOC(C)(C)C1)Cc1ccc(OC)cc1. The third-order valence-electron chi connectivity index (χ3n) is 6.16. The molecule has 2 rings (SSSR count). The molecule has 0 N–H and O–H groups in total. The highest BCUT2D eigenvalue weighted by Gasteiger charge is 2.43. The fourth-order valence-electron chi connectivity index (χ4n) is 4.34. The van der Waals surface area contributed by atoms with Crippen LogP contribution in [0, 0.1) is 11.3 Å². The second-order valence-electron chi connectivity index (χ2n) is 8.82. The Labute approximate surface area is 165 Å². The van der Waals surface area contributed by atoms with Crippen molar-refractivity contribution in [2.24, 2.45) is 11.3 Å². The van der Waals surface area contributed by atoms with Crippen molar-refractivity contribution in [2.75, 3.05) is 20.3 Å². The molecule has 1 aliphatic heterocycles. The van der Waals surface area contributed by atoms with E-state index in [-0.39, 0.29) is 16.9 Å². The van der Waals surface area contributed by atoms with Gasteiger partial charge >= 0.3 is 0 Å². The molecule has 1 amide bonds. The maximum atomic E-state index is 12.6. The Hall–Kier alpha value is -1.55. The lowest BCUT2D eigenvalue weighted by Crippen LogP contribution is -2.46. The summed E-state index contributed by atoms with van der Waals surface area (Å²) in [6.45, 7) is 13.2. The fraction of sp³-hybridized carbons (Fsp3) is 0.696. The lowest BCUT2D eigenvalue weighted by atomic mass is 9.65. The van der Waals surface area contributed by atoms with Gasteiger partial charge < -0.3 is 14.4 Å². The average Bonchev–Trinajstić information content (AvgIpc) is 2.64. The van der Waals surface area contributed by atoms with Gasteiger partial charge in [-0.25, -0.2) is 0 Å². The quantitative estimate of drug-likeness (QED) is 0.638. The van der Waals surface area contributed by atoms with Crippen LogP contribution in [0.4, 0.5) is 0 Å². The summed E-state index contributed by atoms with van der Waals surface area (Å²) in [6.07, 6.45) is 3.69. The molecule has 0 unspecified atom stereocenters. The molecule has 4 nitrogen and oxygen atoms in total. The largest absolute Gasteiger partial charge is 0.497 e. The van der Waals surface area contributed by atoms with E-state index in [0.717, 1.165) is 43.7 Å². The number of carbonyl (C=O) groups is 1. The molecule has 4 heteroatoms. The zero-order valence-corrected chi connectivity index (χ0v) is 18.0. The molecule has 152 valence electrons. The highest BCUT2D eigenvalue weighted by molar-refractivity contribution is 5.75. The third kappa shape index (κ3) is 5.71. The normalized spacial score (nSPS) is 21.9. The number of carbonyl (C=O) groups excluding carboxylic acids is 1. The van der Waals surface area contributed by atoms with Crippen molar-refractivity contribution < 1.29 is 14.3 Å². The molecule has 1 aromatic carbocycles. The monoisotopic (exact) mass is 375 g/mol. The summed E-state index contributed by atoms with van der Waals surface area (Å²) < 4.78 is 11.2. The van der Waals surface area contributed by atoms with Gasteiger partial charge in [0.1, 0.15) is 5.75 Å². The van der Waals surface area contributed by atoms with Gasteiger partial charge in [-0.05, 0) is 62.1 Å². The van der Waals surface area contributed by atoms with Crippen LogP contribution in [0.25, 0.3) is 0 Å². The second-order valence-corrected chi connectivity index (χ2v) is 8.82. The molecule has 0 saturated carbocycles. The van der Waals surface area contributed by atoms with Gasteiger partial charge in [0.25, 0.3) is 0 Å². The molecular formula is C23H37NO3. The van der Waals surface area contributed by atoms with Crippen molar-refractivity contribution in [3.8, 4) is 5.75 Å². The van der Waals surface area contributed by atoms with Crippen molar-refractivity contribution in [1.29, 1.82) is 0 Å². The van der Waals surface area contributed by atoms with Crippen LogP contribution >= 0.6 is 0 Å². The van der Waals surface area contributed by atoms with Crippen LogP contribution in [0.5, 0.6) is 5.75 Å². The van der Waals surface area contributed by atoms with Crippen LogP contribution in [0.3, 0.4) is 0 Å². The molecule has 0 bridgehead atoms. The minimum absolute atomic E-state index is 0.0852. The molecule has 1 saturated heterocycles. The van der Waals surface area contributed by atoms with Crippen LogP contribution in [0.2, 0.25) is 0 Å². The first kappa shape index (κ1) is 21.7. The molecule has 1 aromatic rings. The van der Waals surface area contributed by atoms with Crippen molar-refractivity contribution in [3.05, 3.63) is 29.8 Å². The minimum atomic E-state index is -0.0852. The number of ether oxygens (including phenoxy) is 2. The molecule has 0 aliphatic carbocycles. The van der Waals surface area contributed by atoms with E-state index in [4.69, 9.17) is 9.47 Å². The van der Waals surface area contributed by atoms with Crippen molar-refractivity contribution in [3.63, 3.8) is 0 Å². The van der Waals surface area contributed by atoms with Gasteiger partial charge in [0, 0.05) is 26.1 Å². The van der Waals surface area contributed by atoms with E-state index in [1.807, 2.05) is 36.1 Å². The van der Waals surface area contributed by atoms with E-state index in [0.29, 0.717) is 18.9 Å². The van der Waals surface area contributed by atoms with Gasteiger partial charge in [0.15, 0.2) is 0 Å². The van der Waals surface area contributed by atoms with Gasteiger partial charge in [-0.15, -0.1) is 0 Å². The molecule has 0 aromatic heterocycles. The summed E-state index contributed by atoms with van der Waals surface area (Å²) in [6, 6.07) is 8.01. The second kappa shape index (κ2) is 9.09. The molecular weight excluding hydrogens is 338 g/mol. The Morgan fingerprint density at radius 2 is 1.93 bits per heavy atom. The lowest BCUT2D eigenvalue weighted by molar-refractivity contribution is -0.135. The number of hydrogen-bond donors (Lipinski definition) is 0. The van der Waals surface area contributed by atoms with E-state index in [9.17, 15) is 4.79 Å². The summed E-state index contributed by atoms with van der Waals surface area (Å²) >= 11 is 0. The van der Waals surface area contributed by atoms with E-state index < -0.39 is 0 Å². The van der Waals surface area contributed by atoms with Gasteiger partial charge in [0.2, 0.25) is 5.91 Å². The molecule has 0 radical (unpaired) electrons. The highest BCUT2D eigenvalue weighted by atomic mass is 16.5. The number of rotatable bonds is 8. The number of methoxy groups -OCH3 is 1. The Kier molecular flexibility index (Phi) is 7.32. The van der Waals surface area contributed by atoms with Crippen LogP contribution in [0.1, 0.15) is 65.9 Å². The summed E-state index contributed by atoms with van der Waals surface area (Å²) in [5.74, 6) is 1.63. The number of hydrogen-bond acceptors (Lipinski definition) is 3. The van der Waals surface area contributed by atoms with Gasteiger partial charge in [-0.2, -0.15) is 0 Å². The molecule has 1 heterocycles. The Morgan fingerprint density at radius 3 is 2.44 bits per heavy atom. The maximum absolute atomic E-state index is 12.6. The number of benzene rings is 1. The zero-order valence-electron chi connectivity index (χ0n) is 18.0. The lowest BCUT2D eigenvalue weighted by Gasteiger charge is -2.48. The zero-order chi connectivity index (χ0) is 20.1. The number of amides is 1. The molecule has 1 atom stereocenters. The Morgan fingerprint density at radius 1 is 1.26 bits per heavy atom. The van der Waals surface area contributed by atoms with Crippen LogP contribution in [-0.2, 0) is 16.1 Å². The Bertz CT molecular complexity index is 609. The van der Waals surface area contributed by atoms with Crippen LogP contribution in [0.15, 0.2) is 24.3 Å². The summed E-state index contributed by atoms with van der Waals surface area (Å²) in [5.41, 5.74) is 1.29. The molecule has 0 spiro atoms.